The van der Waals surface area contributed by atoms with E-state index >= 15 is 0 Å². The fourth-order valence-corrected chi connectivity index (χ4v) is 1.58. The Morgan fingerprint density at radius 3 is 2.22 bits per heavy atom. The normalized spacial score (nSPS) is 9.72. The summed E-state index contributed by atoms with van der Waals surface area (Å²) in [5, 5.41) is 5.10. The van der Waals surface area contributed by atoms with Gasteiger partial charge < -0.3 is 10.6 Å². The van der Waals surface area contributed by atoms with Gasteiger partial charge in [0.25, 0.3) is 0 Å². The molecule has 1 rings (SSSR count). The standard InChI is InChI=1S/C12H13ClN2O3/c1-7(16)14-9-3-4-10(12(18)6-13)11(5-9)15-8(2)17/h3-5H,6H2,1-2H3,(H,14,16)(H,15,17). The molecule has 0 heterocycles. The van der Waals surface area contributed by atoms with E-state index in [9.17, 15) is 14.4 Å². The molecular weight excluding hydrogens is 256 g/mol. The second kappa shape index (κ2) is 6.16. The molecule has 0 saturated heterocycles. The molecule has 0 aliphatic carbocycles. The first-order valence-electron chi connectivity index (χ1n) is 5.22. The summed E-state index contributed by atoms with van der Waals surface area (Å²) in [5.74, 6) is -1.01. The van der Waals surface area contributed by atoms with E-state index in [1.807, 2.05) is 0 Å². The molecule has 0 fully saturated rings. The molecule has 2 N–H and O–H groups in total. The highest BCUT2D eigenvalue weighted by Gasteiger charge is 2.12. The van der Waals surface area contributed by atoms with E-state index in [2.05, 4.69) is 10.6 Å². The van der Waals surface area contributed by atoms with Crippen molar-refractivity contribution in [3.63, 3.8) is 0 Å². The SMILES string of the molecule is CC(=O)Nc1ccc(C(=O)CCl)c(NC(C)=O)c1. The minimum atomic E-state index is -0.307. The van der Waals surface area contributed by atoms with Gasteiger partial charge in [-0.2, -0.15) is 0 Å². The number of carbonyl (C=O) groups excluding carboxylic acids is 3. The number of alkyl halides is 1. The Hall–Kier alpha value is -1.88. The molecule has 0 radical (unpaired) electrons. The molecule has 0 bridgehead atoms. The number of benzene rings is 1. The molecule has 5 nitrogen and oxygen atoms in total. The summed E-state index contributed by atoms with van der Waals surface area (Å²) < 4.78 is 0. The highest BCUT2D eigenvalue weighted by Crippen LogP contribution is 2.22. The van der Waals surface area contributed by atoms with Gasteiger partial charge in [0, 0.05) is 25.1 Å². The second-order valence-electron chi connectivity index (χ2n) is 3.68. The third-order valence-corrected chi connectivity index (χ3v) is 2.32. The van der Waals surface area contributed by atoms with E-state index in [0.29, 0.717) is 16.9 Å². The topological polar surface area (TPSA) is 75.3 Å². The molecule has 0 unspecified atom stereocenters. The molecular formula is C12H13ClN2O3. The van der Waals surface area contributed by atoms with Crippen LogP contribution in [0.1, 0.15) is 24.2 Å². The van der Waals surface area contributed by atoms with Gasteiger partial charge in [-0.25, -0.2) is 0 Å². The molecule has 0 spiro atoms. The maximum Gasteiger partial charge on any atom is 0.221 e. The van der Waals surface area contributed by atoms with E-state index in [1.165, 1.54) is 26.0 Å². The summed E-state index contributed by atoms with van der Waals surface area (Å²) in [4.78, 5) is 33.6. The maximum absolute atomic E-state index is 11.6. The second-order valence-corrected chi connectivity index (χ2v) is 3.95. The first kappa shape index (κ1) is 14.2. The summed E-state index contributed by atoms with van der Waals surface area (Å²) in [6, 6.07) is 4.61. The van der Waals surface area contributed by atoms with Gasteiger partial charge in [0.15, 0.2) is 5.78 Å². The van der Waals surface area contributed by atoms with E-state index in [-0.39, 0.29) is 23.5 Å². The number of rotatable bonds is 4. The lowest BCUT2D eigenvalue weighted by Crippen LogP contribution is -2.13. The number of hydrogen-bond donors (Lipinski definition) is 2. The van der Waals surface area contributed by atoms with E-state index in [4.69, 9.17) is 11.6 Å². The average Bonchev–Trinajstić information content (AvgIpc) is 2.26. The van der Waals surface area contributed by atoms with Crippen LogP contribution in [0.3, 0.4) is 0 Å². The summed E-state index contributed by atoms with van der Waals surface area (Å²) in [6.45, 7) is 2.70. The number of hydrogen-bond acceptors (Lipinski definition) is 3. The molecule has 0 aliphatic heterocycles. The van der Waals surface area contributed by atoms with Crippen LogP contribution in [-0.2, 0) is 9.59 Å². The van der Waals surface area contributed by atoms with Crippen LogP contribution in [0.5, 0.6) is 0 Å². The molecule has 0 aromatic heterocycles. The predicted octanol–water partition coefficient (Wildman–Crippen LogP) is 2.02. The minimum absolute atomic E-state index is 0.175. The van der Waals surface area contributed by atoms with E-state index < -0.39 is 0 Å². The molecule has 96 valence electrons. The number of carbonyl (C=O) groups is 3. The van der Waals surface area contributed by atoms with Crippen LogP contribution in [0.25, 0.3) is 0 Å². The summed E-state index contributed by atoms with van der Waals surface area (Å²) in [6.07, 6.45) is 0. The summed E-state index contributed by atoms with van der Waals surface area (Å²) >= 11 is 5.49. The van der Waals surface area contributed by atoms with Crippen LogP contribution in [-0.4, -0.2) is 23.5 Å². The maximum atomic E-state index is 11.6. The Morgan fingerprint density at radius 2 is 1.72 bits per heavy atom. The van der Waals surface area contributed by atoms with Gasteiger partial charge in [-0.1, -0.05) is 0 Å². The zero-order valence-electron chi connectivity index (χ0n) is 10.0. The molecule has 0 aliphatic rings. The Bertz CT molecular complexity index is 500. The van der Waals surface area contributed by atoms with E-state index in [1.54, 1.807) is 6.07 Å². The summed E-state index contributed by atoms with van der Waals surface area (Å²) in [5.41, 5.74) is 1.14. The number of anilines is 2. The van der Waals surface area contributed by atoms with Crippen molar-refractivity contribution in [3.8, 4) is 0 Å². The number of nitrogens with one attached hydrogen (secondary N) is 2. The zero-order valence-corrected chi connectivity index (χ0v) is 10.8. The largest absolute Gasteiger partial charge is 0.326 e. The monoisotopic (exact) mass is 268 g/mol. The Labute approximate surface area is 110 Å². The van der Waals surface area contributed by atoms with Crippen LogP contribution in [0.15, 0.2) is 18.2 Å². The molecule has 0 atom stereocenters. The third kappa shape index (κ3) is 3.85. The van der Waals surface area contributed by atoms with Crippen LogP contribution >= 0.6 is 11.6 Å². The molecule has 18 heavy (non-hydrogen) atoms. The molecule has 1 aromatic carbocycles. The molecule has 0 saturated carbocycles. The van der Waals surface area contributed by atoms with Crippen molar-refractivity contribution in [2.75, 3.05) is 16.5 Å². The van der Waals surface area contributed by atoms with Crippen molar-refractivity contribution in [1.29, 1.82) is 0 Å². The predicted molar refractivity (Wildman–Crippen MR) is 70.1 cm³/mol. The van der Waals surface area contributed by atoms with Gasteiger partial charge in [0.2, 0.25) is 11.8 Å². The van der Waals surface area contributed by atoms with Crippen LogP contribution in [0, 0.1) is 0 Å². The van der Waals surface area contributed by atoms with Crippen molar-refractivity contribution >= 4 is 40.6 Å². The number of amides is 2. The molecule has 1 aromatic rings. The number of ketones is 1. The van der Waals surface area contributed by atoms with Crippen molar-refractivity contribution < 1.29 is 14.4 Å². The number of halogens is 1. The third-order valence-electron chi connectivity index (χ3n) is 2.07. The van der Waals surface area contributed by atoms with Gasteiger partial charge in [0.1, 0.15) is 0 Å². The Balaban J connectivity index is 3.15. The Kier molecular flexibility index (Phi) is 4.85. The lowest BCUT2D eigenvalue weighted by atomic mass is 10.1. The van der Waals surface area contributed by atoms with Crippen LogP contribution in [0.2, 0.25) is 0 Å². The van der Waals surface area contributed by atoms with Crippen molar-refractivity contribution in [1.82, 2.24) is 0 Å². The zero-order chi connectivity index (χ0) is 13.7. The van der Waals surface area contributed by atoms with Crippen LogP contribution < -0.4 is 10.6 Å². The Morgan fingerprint density at radius 1 is 1.11 bits per heavy atom. The lowest BCUT2D eigenvalue weighted by Gasteiger charge is -2.10. The first-order valence-corrected chi connectivity index (χ1v) is 5.76. The first-order chi connectivity index (χ1) is 8.43. The quantitative estimate of drug-likeness (QED) is 0.648. The van der Waals surface area contributed by atoms with Crippen molar-refractivity contribution in [3.05, 3.63) is 23.8 Å². The van der Waals surface area contributed by atoms with E-state index in [0.717, 1.165) is 0 Å². The van der Waals surface area contributed by atoms with Gasteiger partial charge in [-0.15, -0.1) is 11.6 Å². The smallest absolute Gasteiger partial charge is 0.221 e. The van der Waals surface area contributed by atoms with Crippen LogP contribution in [0.4, 0.5) is 11.4 Å². The van der Waals surface area contributed by atoms with Gasteiger partial charge in [-0.05, 0) is 18.2 Å². The molecule has 6 heteroatoms. The van der Waals surface area contributed by atoms with Gasteiger partial charge >= 0.3 is 0 Å². The fourth-order valence-electron chi connectivity index (χ4n) is 1.43. The molecule has 2 amide bonds. The van der Waals surface area contributed by atoms with Crippen molar-refractivity contribution in [2.45, 2.75) is 13.8 Å². The average molecular weight is 269 g/mol. The fraction of sp³-hybridized carbons (Fsp3) is 0.250. The van der Waals surface area contributed by atoms with Crippen molar-refractivity contribution in [2.24, 2.45) is 0 Å². The van der Waals surface area contributed by atoms with Gasteiger partial charge in [-0.3, -0.25) is 14.4 Å². The summed E-state index contributed by atoms with van der Waals surface area (Å²) in [7, 11) is 0. The lowest BCUT2D eigenvalue weighted by molar-refractivity contribution is -0.115. The van der Waals surface area contributed by atoms with Gasteiger partial charge in [0.05, 0.1) is 11.6 Å². The highest BCUT2D eigenvalue weighted by atomic mass is 35.5. The number of Topliss-reactive ketones (excluding diaryl/α,β-unsaturated/α-hetero) is 1. The minimum Gasteiger partial charge on any atom is -0.326 e. The highest BCUT2D eigenvalue weighted by molar-refractivity contribution is 6.31.